The summed E-state index contributed by atoms with van der Waals surface area (Å²) in [5.41, 5.74) is 0.399. The van der Waals surface area contributed by atoms with Crippen LogP contribution < -0.4 is 10.6 Å². The van der Waals surface area contributed by atoms with Crippen LogP contribution in [0.1, 0.15) is 17.3 Å². The van der Waals surface area contributed by atoms with Crippen LogP contribution in [0.4, 0.5) is 14.9 Å². The highest BCUT2D eigenvalue weighted by Gasteiger charge is 2.52. The lowest BCUT2D eigenvalue weighted by Crippen LogP contribution is -2.54. The van der Waals surface area contributed by atoms with E-state index in [1.54, 1.807) is 4.90 Å². The molecular weight excluding hydrogens is 435 g/mol. The number of carbonyl (C=O) groups is 3. The molecule has 2 aliphatic rings. The molecule has 1 aromatic heterocycles. The number of carbonyl (C=O) groups excluding carboxylic acids is 3. The number of methoxy groups -OCH3 is 1. The van der Waals surface area contributed by atoms with Crippen molar-refractivity contribution in [3.63, 3.8) is 0 Å². The van der Waals surface area contributed by atoms with E-state index in [0.717, 1.165) is 4.88 Å². The van der Waals surface area contributed by atoms with E-state index in [9.17, 15) is 18.8 Å². The zero-order chi connectivity index (χ0) is 22.7. The van der Waals surface area contributed by atoms with Crippen molar-refractivity contribution in [1.29, 1.82) is 0 Å². The van der Waals surface area contributed by atoms with Crippen LogP contribution in [-0.2, 0) is 14.3 Å². The first-order valence-electron chi connectivity index (χ1n) is 10.4. The lowest BCUT2D eigenvalue weighted by molar-refractivity contribution is -0.146. The lowest BCUT2D eigenvalue weighted by atomic mass is 9.97. The van der Waals surface area contributed by atoms with E-state index in [0.29, 0.717) is 31.9 Å². The average molecular weight is 461 g/mol. The summed E-state index contributed by atoms with van der Waals surface area (Å²) in [6.07, 6.45) is 0.175. The molecule has 3 amide bonds. The van der Waals surface area contributed by atoms with Crippen molar-refractivity contribution in [3.8, 4) is 0 Å². The van der Waals surface area contributed by atoms with Gasteiger partial charge in [0, 0.05) is 36.7 Å². The fourth-order valence-electron chi connectivity index (χ4n) is 4.35. The Labute approximate surface area is 189 Å². The summed E-state index contributed by atoms with van der Waals surface area (Å²) in [6.45, 7) is 2.43. The Morgan fingerprint density at radius 3 is 2.50 bits per heavy atom. The molecule has 0 spiro atoms. The minimum absolute atomic E-state index is 0.175. The van der Waals surface area contributed by atoms with Crippen LogP contribution in [0.3, 0.4) is 0 Å². The number of hydrogen-bond donors (Lipinski definition) is 2. The fourth-order valence-corrected chi connectivity index (χ4v) is 5.24. The maximum Gasteiger partial charge on any atom is 0.323 e. The number of thiophene rings is 1. The largest absolute Gasteiger partial charge is 0.469 e. The van der Waals surface area contributed by atoms with Crippen molar-refractivity contribution in [1.82, 2.24) is 15.1 Å². The van der Waals surface area contributed by atoms with Crippen LogP contribution in [0.15, 0.2) is 41.8 Å². The van der Waals surface area contributed by atoms with E-state index in [1.807, 2.05) is 17.5 Å². The average Bonchev–Trinajstić information content (AvgIpc) is 3.48. The van der Waals surface area contributed by atoms with Crippen LogP contribution >= 0.6 is 11.3 Å². The van der Waals surface area contributed by atoms with E-state index in [-0.39, 0.29) is 12.3 Å². The molecule has 2 N–H and O–H groups in total. The number of hydrogen-bond acceptors (Lipinski definition) is 6. The highest BCUT2D eigenvalue weighted by molar-refractivity contribution is 7.10. The number of halogens is 1. The molecule has 2 fully saturated rings. The maximum absolute atomic E-state index is 13.5. The third-order valence-corrected chi connectivity index (χ3v) is 6.82. The number of nitrogens with zero attached hydrogens (tertiary/aromatic N) is 2. The Balaban J connectivity index is 1.69. The van der Waals surface area contributed by atoms with Crippen LogP contribution in [0.25, 0.3) is 0 Å². The van der Waals surface area contributed by atoms with Gasteiger partial charge in [0.1, 0.15) is 11.9 Å². The molecule has 0 radical (unpaired) electrons. The number of amides is 3. The summed E-state index contributed by atoms with van der Waals surface area (Å²) in [4.78, 5) is 43.6. The SMILES string of the molecule is COC(=O)C1CC(C(=O)N2CCNCC2)N(C(=O)Nc2ccc(F)cc2)C1c1cccs1. The number of ether oxygens (including phenoxy) is 1. The molecule has 4 rings (SSSR count). The summed E-state index contributed by atoms with van der Waals surface area (Å²) in [5, 5.41) is 7.83. The normalized spacial score (nSPS) is 23.1. The van der Waals surface area contributed by atoms with Gasteiger partial charge in [0.25, 0.3) is 0 Å². The Bertz CT molecular complexity index is 963. The molecular formula is C22H25FN4O4S. The van der Waals surface area contributed by atoms with Crippen LogP contribution in [0, 0.1) is 11.7 Å². The first-order chi connectivity index (χ1) is 15.5. The molecule has 0 saturated carbocycles. The molecule has 0 bridgehead atoms. The van der Waals surface area contributed by atoms with E-state index >= 15 is 0 Å². The van der Waals surface area contributed by atoms with Gasteiger partial charge in [0.15, 0.2) is 0 Å². The zero-order valence-electron chi connectivity index (χ0n) is 17.6. The molecule has 2 aliphatic heterocycles. The molecule has 2 aromatic rings. The minimum atomic E-state index is -0.815. The van der Waals surface area contributed by atoms with Gasteiger partial charge in [-0.05, 0) is 42.1 Å². The number of rotatable bonds is 4. The van der Waals surface area contributed by atoms with Gasteiger partial charge in [-0.15, -0.1) is 11.3 Å². The fraction of sp³-hybridized carbons (Fsp3) is 0.409. The molecule has 0 aliphatic carbocycles. The molecule has 8 nitrogen and oxygen atoms in total. The van der Waals surface area contributed by atoms with Crippen molar-refractivity contribution < 1.29 is 23.5 Å². The number of esters is 1. The maximum atomic E-state index is 13.5. The second-order valence-electron chi connectivity index (χ2n) is 7.76. The third-order valence-electron chi connectivity index (χ3n) is 5.88. The minimum Gasteiger partial charge on any atom is -0.469 e. The highest BCUT2D eigenvalue weighted by Crippen LogP contribution is 2.44. The van der Waals surface area contributed by atoms with Gasteiger partial charge in [-0.1, -0.05) is 6.07 Å². The number of anilines is 1. The first-order valence-corrected chi connectivity index (χ1v) is 11.3. The number of benzene rings is 1. The molecule has 10 heteroatoms. The highest BCUT2D eigenvalue weighted by atomic mass is 32.1. The van der Waals surface area contributed by atoms with Crippen molar-refractivity contribution >= 4 is 34.9 Å². The molecule has 32 heavy (non-hydrogen) atoms. The zero-order valence-corrected chi connectivity index (χ0v) is 18.4. The van der Waals surface area contributed by atoms with Gasteiger partial charge < -0.3 is 25.2 Å². The van der Waals surface area contributed by atoms with Crippen LogP contribution in [0.2, 0.25) is 0 Å². The topological polar surface area (TPSA) is 91.0 Å². The summed E-state index contributed by atoms with van der Waals surface area (Å²) >= 11 is 1.42. The second kappa shape index (κ2) is 9.66. The number of piperazine rings is 1. The molecule has 170 valence electrons. The van der Waals surface area contributed by atoms with Gasteiger partial charge >= 0.3 is 12.0 Å². The van der Waals surface area contributed by atoms with Crippen molar-refractivity contribution in [3.05, 3.63) is 52.5 Å². The van der Waals surface area contributed by atoms with Gasteiger partial charge in [-0.25, -0.2) is 9.18 Å². The molecule has 3 heterocycles. The third kappa shape index (κ3) is 4.46. The van der Waals surface area contributed by atoms with Crippen molar-refractivity contribution in [2.24, 2.45) is 5.92 Å². The van der Waals surface area contributed by atoms with E-state index in [2.05, 4.69) is 10.6 Å². The molecule has 2 saturated heterocycles. The second-order valence-corrected chi connectivity index (χ2v) is 8.74. The summed E-state index contributed by atoms with van der Waals surface area (Å²) < 4.78 is 18.3. The Hall–Kier alpha value is -2.98. The quantitative estimate of drug-likeness (QED) is 0.684. The van der Waals surface area contributed by atoms with Gasteiger partial charge in [-0.2, -0.15) is 0 Å². The summed E-state index contributed by atoms with van der Waals surface area (Å²) in [6, 6.07) is 7.12. The Morgan fingerprint density at radius 2 is 1.88 bits per heavy atom. The standard InChI is InChI=1S/C22H25FN4O4S/c1-31-21(29)16-13-17(20(28)26-10-8-24-9-11-26)27(19(16)18-3-2-12-32-18)22(30)25-15-6-4-14(23)5-7-15/h2-7,12,16-17,19,24H,8-11,13H2,1H3,(H,25,30). The molecule has 3 atom stereocenters. The smallest absolute Gasteiger partial charge is 0.323 e. The number of likely N-dealkylation sites (tertiary alicyclic amines) is 1. The first kappa shape index (κ1) is 22.2. The Kier molecular flexibility index (Phi) is 6.71. The summed E-state index contributed by atoms with van der Waals surface area (Å²) in [5.74, 6) is -1.74. The molecule has 3 unspecified atom stereocenters. The van der Waals surface area contributed by atoms with Crippen molar-refractivity contribution in [2.45, 2.75) is 18.5 Å². The van der Waals surface area contributed by atoms with E-state index in [4.69, 9.17) is 4.74 Å². The monoisotopic (exact) mass is 460 g/mol. The predicted molar refractivity (Wildman–Crippen MR) is 118 cm³/mol. The van der Waals surface area contributed by atoms with Crippen LogP contribution in [0.5, 0.6) is 0 Å². The lowest BCUT2D eigenvalue weighted by Gasteiger charge is -2.35. The molecule has 1 aromatic carbocycles. The van der Waals surface area contributed by atoms with Crippen molar-refractivity contribution in [2.75, 3.05) is 38.6 Å². The van der Waals surface area contributed by atoms with Crippen LogP contribution in [-0.4, -0.2) is 67.0 Å². The van der Waals surface area contributed by atoms with Gasteiger partial charge in [0.05, 0.1) is 19.1 Å². The van der Waals surface area contributed by atoms with E-state index < -0.39 is 35.8 Å². The Morgan fingerprint density at radius 1 is 1.16 bits per heavy atom. The number of nitrogens with one attached hydrogen (secondary N) is 2. The van der Waals surface area contributed by atoms with Gasteiger partial charge in [-0.3, -0.25) is 9.59 Å². The number of urea groups is 1. The summed E-state index contributed by atoms with van der Waals surface area (Å²) in [7, 11) is 1.31. The van der Waals surface area contributed by atoms with Gasteiger partial charge in [0.2, 0.25) is 5.91 Å². The van der Waals surface area contributed by atoms with E-state index in [1.165, 1.54) is 47.6 Å². The predicted octanol–water partition coefficient (Wildman–Crippen LogP) is 2.46.